The van der Waals surface area contributed by atoms with Gasteiger partial charge in [-0.25, -0.2) is 9.97 Å². The summed E-state index contributed by atoms with van der Waals surface area (Å²) in [5, 5.41) is 0. The van der Waals surface area contributed by atoms with Gasteiger partial charge in [0, 0.05) is 51.3 Å². The van der Waals surface area contributed by atoms with E-state index in [2.05, 4.69) is 24.8 Å². The number of aryl methyl sites for hydroxylation is 1. The summed E-state index contributed by atoms with van der Waals surface area (Å²) in [4.78, 5) is 17.8. The second-order valence-corrected chi connectivity index (χ2v) is 5.17. The third kappa shape index (κ3) is 2.95. The Morgan fingerprint density at radius 3 is 2.33 bits per heavy atom. The molecule has 6 heteroatoms. The third-order valence-corrected chi connectivity index (χ3v) is 3.80. The molecule has 0 aromatic carbocycles. The van der Waals surface area contributed by atoms with E-state index in [-0.39, 0.29) is 0 Å². The molecule has 0 atom stereocenters. The van der Waals surface area contributed by atoms with Gasteiger partial charge in [0.15, 0.2) is 0 Å². The monoisotopic (exact) mass is 284 g/mol. The number of piperazine rings is 1. The molecule has 2 aromatic rings. The van der Waals surface area contributed by atoms with Gasteiger partial charge in [-0.1, -0.05) is 6.07 Å². The highest BCUT2D eigenvalue weighted by atomic mass is 15.3. The average molecular weight is 284 g/mol. The summed E-state index contributed by atoms with van der Waals surface area (Å²) in [6, 6.07) is 4.09. The van der Waals surface area contributed by atoms with Gasteiger partial charge >= 0.3 is 0 Å². The Labute approximate surface area is 124 Å². The van der Waals surface area contributed by atoms with Crippen molar-refractivity contribution >= 4 is 11.6 Å². The fourth-order valence-corrected chi connectivity index (χ4v) is 2.58. The van der Waals surface area contributed by atoms with Crippen LogP contribution in [-0.4, -0.2) is 41.1 Å². The van der Waals surface area contributed by atoms with Crippen LogP contribution in [0, 0.1) is 6.92 Å². The summed E-state index contributed by atoms with van der Waals surface area (Å²) in [5.41, 5.74) is 7.65. The lowest BCUT2D eigenvalue weighted by atomic mass is 10.2. The number of aromatic nitrogens is 3. The lowest BCUT2D eigenvalue weighted by molar-refractivity contribution is 0.638. The molecular weight excluding hydrogens is 264 g/mol. The van der Waals surface area contributed by atoms with Crippen molar-refractivity contribution < 1.29 is 0 Å². The smallest absolute Gasteiger partial charge is 0.150 e. The van der Waals surface area contributed by atoms with Crippen LogP contribution in [0.1, 0.15) is 11.3 Å². The maximum absolute atomic E-state index is 5.60. The minimum atomic E-state index is 0.535. The molecule has 0 spiro atoms. The Bertz CT molecular complexity index is 589. The van der Waals surface area contributed by atoms with E-state index in [1.807, 2.05) is 25.3 Å². The second-order valence-electron chi connectivity index (χ2n) is 5.17. The Balaban J connectivity index is 1.66. The molecule has 3 heterocycles. The maximum atomic E-state index is 5.60. The molecular formula is C15H20N6. The van der Waals surface area contributed by atoms with Gasteiger partial charge < -0.3 is 15.5 Å². The van der Waals surface area contributed by atoms with Crippen LogP contribution in [0.15, 0.2) is 30.7 Å². The molecule has 0 unspecified atom stereocenters. The Kier molecular flexibility index (Phi) is 3.96. The normalized spacial score (nSPS) is 15.3. The van der Waals surface area contributed by atoms with Crippen LogP contribution >= 0.6 is 0 Å². The lowest BCUT2D eigenvalue weighted by Gasteiger charge is -2.36. The van der Waals surface area contributed by atoms with Crippen molar-refractivity contribution in [3.05, 3.63) is 42.0 Å². The third-order valence-electron chi connectivity index (χ3n) is 3.80. The molecule has 1 aliphatic rings. The first-order valence-corrected chi connectivity index (χ1v) is 7.20. The second kappa shape index (κ2) is 6.05. The fourth-order valence-electron chi connectivity index (χ4n) is 2.58. The molecule has 110 valence electrons. The average Bonchev–Trinajstić information content (AvgIpc) is 2.56. The first kappa shape index (κ1) is 13.8. The number of hydrogen-bond acceptors (Lipinski definition) is 6. The van der Waals surface area contributed by atoms with Crippen LogP contribution in [0.5, 0.6) is 0 Å². The van der Waals surface area contributed by atoms with Crippen molar-refractivity contribution in [3.8, 4) is 0 Å². The van der Waals surface area contributed by atoms with E-state index in [1.54, 1.807) is 12.4 Å². The molecule has 0 aliphatic carbocycles. The molecule has 1 fully saturated rings. The maximum Gasteiger partial charge on any atom is 0.150 e. The van der Waals surface area contributed by atoms with Crippen LogP contribution in [0.2, 0.25) is 0 Å². The zero-order chi connectivity index (χ0) is 14.7. The molecule has 0 saturated carbocycles. The van der Waals surface area contributed by atoms with Gasteiger partial charge in [-0.3, -0.25) is 4.98 Å². The van der Waals surface area contributed by atoms with E-state index in [9.17, 15) is 0 Å². The number of nitrogens with two attached hydrogens (primary N) is 1. The van der Waals surface area contributed by atoms with Gasteiger partial charge in [-0.05, 0) is 18.6 Å². The zero-order valence-corrected chi connectivity index (χ0v) is 12.2. The van der Waals surface area contributed by atoms with Crippen molar-refractivity contribution in [1.29, 1.82) is 0 Å². The van der Waals surface area contributed by atoms with Crippen molar-refractivity contribution in [2.24, 2.45) is 5.73 Å². The van der Waals surface area contributed by atoms with Crippen molar-refractivity contribution in [2.75, 3.05) is 36.0 Å². The van der Waals surface area contributed by atoms with E-state index in [4.69, 9.17) is 5.73 Å². The predicted octanol–water partition coefficient (Wildman–Crippen LogP) is 0.965. The van der Waals surface area contributed by atoms with Gasteiger partial charge in [-0.2, -0.15) is 0 Å². The SMILES string of the molecule is Cc1nccnc1N1CCN(c2ccc(CN)cn2)CC1. The molecule has 2 aromatic heterocycles. The van der Waals surface area contributed by atoms with Crippen LogP contribution in [-0.2, 0) is 6.54 Å². The molecule has 2 N–H and O–H groups in total. The standard InChI is InChI=1S/C15H20N6/c1-12-15(18-5-4-17-12)21-8-6-20(7-9-21)14-3-2-13(10-16)11-19-14/h2-5,11H,6-10,16H2,1H3. The summed E-state index contributed by atoms with van der Waals surface area (Å²) in [5.74, 6) is 2.01. The quantitative estimate of drug-likeness (QED) is 0.905. The van der Waals surface area contributed by atoms with E-state index in [0.29, 0.717) is 6.54 Å². The Morgan fingerprint density at radius 1 is 1.00 bits per heavy atom. The van der Waals surface area contributed by atoms with Crippen molar-refractivity contribution in [2.45, 2.75) is 13.5 Å². The van der Waals surface area contributed by atoms with E-state index in [1.165, 1.54) is 0 Å². The van der Waals surface area contributed by atoms with Gasteiger partial charge in [0.25, 0.3) is 0 Å². The number of nitrogens with zero attached hydrogens (tertiary/aromatic N) is 5. The van der Waals surface area contributed by atoms with Crippen molar-refractivity contribution in [3.63, 3.8) is 0 Å². The highest BCUT2D eigenvalue weighted by Gasteiger charge is 2.20. The molecule has 0 bridgehead atoms. The Hall–Kier alpha value is -2.21. The number of rotatable bonds is 3. The summed E-state index contributed by atoms with van der Waals surface area (Å²) in [6.07, 6.45) is 5.34. The molecule has 6 nitrogen and oxygen atoms in total. The summed E-state index contributed by atoms with van der Waals surface area (Å²) < 4.78 is 0. The predicted molar refractivity (Wildman–Crippen MR) is 83.3 cm³/mol. The Morgan fingerprint density at radius 2 is 1.71 bits per heavy atom. The highest BCUT2D eigenvalue weighted by Crippen LogP contribution is 2.19. The molecule has 1 aliphatic heterocycles. The first-order valence-electron chi connectivity index (χ1n) is 7.20. The number of hydrogen-bond donors (Lipinski definition) is 1. The topological polar surface area (TPSA) is 71.2 Å². The molecule has 0 amide bonds. The summed E-state index contributed by atoms with van der Waals surface area (Å²) in [7, 11) is 0. The van der Waals surface area contributed by atoms with Crippen LogP contribution < -0.4 is 15.5 Å². The van der Waals surface area contributed by atoms with Gasteiger partial charge in [0.2, 0.25) is 0 Å². The number of pyridine rings is 1. The largest absolute Gasteiger partial charge is 0.353 e. The molecule has 3 rings (SSSR count). The summed E-state index contributed by atoms with van der Waals surface area (Å²) in [6.45, 7) is 6.27. The zero-order valence-electron chi connectivity index (χ0n) is 12.2. The van der Waals surface area contributed by atoms with Crippen LogP contribution in [0.3, 0.4) is 0 Å². The fraction of sp³-hybridized carbons (Fsp3) is 0.400. The number of anilines is 2. The lowest BCUT2D eigenvalue weighted by Crippen LogP contribution is -2.47. The van der Waals surface area contributed by atoms with E-state index >= 15 is 0 Å². The van der Waals surface area contributed by atoms with Gasteiger partial charge in [0.1, 0.15) is 11.6 Å². The first-order chi connectivity index (χ1) is 10.3. The van der Waals surface area contributed by atoms with Crippen LogP contribution in [0.4, 0.5) is 11.6 Å². The van der Waals surface area contributed by atoms with Crippen molar-refractivity contribution in [1.82, 2.24) is 15.0 Å². The van der Waals surface area contributed by atoms with Gasteiger partial charge in [0.05, 0.1) is 5.69 Å². The summed E-state index contributed by atoms with van der Waals surface area (Å²) >= 11 is 0. The molecule has 1 saturated heterocycles. The van der Waals surface area contributed by atoms with E-state index < -0.39 is 0 Å². The molecule has 0 radical (unpaired) electrons. The highest BCUT2D eigenvalue weighted by molar-refractivity contribution is 5.47. The minimum Gasteiger partial charge on any atom is -0.353 e. The van der Waals surface area contributed by atoms with E-state index in [0.717, 1.165) is 49.1 Å². The molecule has 21 heavy (non-hydrogen) atoms. The van der Waals surface area contributed by atoms with Crippen LogP contribution in [0.25, 0.3) is 0 Å². The minimum absolute atomic E-state index is 0.535. The van der Waals surface area contributed by atoms with Gasteiger partial charge in [-0.15, -0.1) is 0 Å².